The number of hydrogen-bond acceptors (Lipinski definition) is 7. The zero-order valence-corrected chi connectivity index (χ0v) is 25.5. The first-order chi connectivity index (χ1) is 18.4. The van der Waals surface area contributed by atoms with E-state index in [1.807, 2.05) is 6.08 Å². The van der Waals surface area contributed by atoms with E-state index in [4.69, 9.17) is 9.47 Å². The molecule has 0 aromatic carbocycles. The van der Waals surface area contributed by atoms with Crippen LogP contribution < -0.4 is 5.32 Å². The molecule has 0 heterocycles. The van der Waals surface area contributed by atoms with Crippen molar-refractivity contribution in [2.75, 3.05) is 20.8 Å². The van der Waals surface area contributed by atoms with E-state index in [-0.39, 0.29) is 25.0 Å². The van der Waals surface area contributed by atoms with Crippen molar-refractivity contribution in [1.29, 1.82) is 0 Å². The third kappa shape index (κ3) is 11.2. The van der Waals surface area contributed by atoms with Gasteiger partial charge in [-0.25, -0.2) is 0 Å². The summed E-state index contributed by atoms with van der Waals surface area (Å²) < 4.78 is 10.9. The Labute approximate surface area is 236 Å². The van der Waals surface area contributed by atoms with Crippen molar-refractivity contribution in [2.45, 2.75) is 129 Å². The highest BCUT2D eigenvalue weighted by molar-refractivity contribution is 5.89. The molecular formula is C31H57NO7. The Bertz CT molecular complexity index is 740. The smallest absolute Gasteiger partial charge is 0.220 e. The van der Waals surface area contributed by atoms with Gasteiger partial charge in [-0.15, -0.1) is 0 Å². The molecule has 1 amide bonds. The van der Waals surface area contributed by atoms with Crippen LogP contribution in [0.25, 0.3) is 0 Å². The standard InChI is InChI=1S/C31H57NO7/c1-8-9-10-11-13-16-21(2)19-23(39-7)17-14-12-15-18-25(33)32-24(20-38-6)28(35)26-27(34)22(3)29(36)31(4,5)30(26)37/h12,14,21-24,26-29,34-36H,8-11,13,15-20H2,1-7H3,(H,32,33)/b14-12+. The van der Waals surface area contributed by atoms with Gasteiger partial charge in [0.05, 0.1) is 48.4 Å². The average molecular weight is 556 g/mol. The first kappa shape index (κ1) is 35.7. The summed E-state index contributed by atoms with van der Waals surface area (Å²) in [7, 11) is 3.20. The van der Waals surface area contributed by atoms with Gasteiger partial charge in [-0.1, -0.05) is 85.3 Å². The first-order valence-electron chi connectivity index (χ1n) is 15.0. The minimum Gasteiger partial charge on any atom is -0.392 e. The number of allylic oxidation sites excluding steroid dienone is 1. The van der Waals surface area contributed by atoms with E-state index in [0.29, 0.717) is 12.3 Å². The summed E-state index contributed by atoms with van der Waals surface area (Å²) in [4.78, 5) is 25.7. The number of carbonyl (C=O) groups is 2. The number of ether oxygens (including phenoxy) is 2. The number of ketones is 1. The number of nitrogens with one attached hydrogen (secondary N) is 1. The molecule has 228 valence electrons. The summed E-state index contributed by atoms with van der Waals surface area (Å²) >= 11 is 0. The number of carbonyl (C=O) groups excluding carboxylic acids is 2. The fourth-order valence-corrected chi connectivity index (χ4v) is 5.72. The third-order valence-electron chi connectivity index (χ3n) is 8.46. The van der Waals surface area contributed by atoms with Crippen LogP contribution in [-0.4, -0.2) is 78.3 Å². The van der Waals surface area contributed by atoms with Gasteiger partial charge in [-0.3, -0.25) is 9.59 Å². The fourth-order valence-electron chi connectivity index (χ4n) is 5.72. The SMILES string of the molecule is CCCCCCCC(C)CC(C/C=C/CCC(=O)NC(COC)C(O)C1C(=O)C(C)(C)C(O)C(C)C1O)OC. The zero-order chi connectivity index (χ0) is 29.6. The van der Waals surface area contributed by atoms with Crippen molar-refractivity contribution in [3.8, 4) is 0 Å². The van der Waals surface area contributed by atoms with Crippen LogP contribution in [0.2, 0.25) is 0 Å². The Morgan fingerprint density at radius 3 is 2.41 bits per heavy atom. The second kappa shape index (κ2) is 18.2. The molecular weight excluding hydrogens is 498 g/mol. The van der Waals surface area contributed by atoms with E-state index in [1.54, 1.807) is 27.9 Å². The molecule has 0 radical (unpaired) electrons. The van der Waals surface area contributed by atoms with Crippen LogP contribution >= 0.6 is 0 Å². The molecule has 0 spiro atoms. The van der Waals surface area contributed by atoms with Crippen molar-refractivity contribution < 1.29 is 34.4 Å². The average Bonchev–Trinajstić information content (AvgIpc) is 2.90. The van der Waals surface area contributed by atoms with Gasteiger partial charge in [-0.2, -0.15) is 0 Å². The zero-order valence-electron chi connectivity index (χ0n) is 25.5. The van der Waals surface area contributed by atoms with Crippen LogP contribution in [0.1, 0.15) is 98.8 Å². The van der Waals surface area contributed by atoms with E-state index >= 15 is 0 Å². The van der Waals surface area contributed by atoms with Gasteiger partial charge in [0.25, 0.3) is 0 Å². The predicted octanol–water partition coefficient (Wildman–Crippen LogP) is 4.19. The molecule has 39 heavy (non-hydrogen) atoms. The lowest BCUT2D eigenvalue weighted by molar-refractivity contribution is -0.173. The highest BCUT2D eigenvalue weighted by Gasteiger charge is 2.55. The Morgan fingerprint density at radius 1 is 1.13 bits per heavy atom. The minimum absolute atomic E-state index is 0.0110. The number of unbranched alkanes of at least 4 members (excludes halogenated alkanes) is 4. The van der Waals surface area contributed by atoms with Crippen molar-refractivity contribution in [3.63, 3.8) is 0 Å². The maximum atomic E-state index is 13.1. The summed E-state index contributed by atoms with van der Waals surface area (Å²) in [5, 5.41) is 35.0. The summed E-state index contributed by atoms with van der Waals surface area (Å²) in [6, 6.07) is -0.866. The molecule has 0 aliphatic heterocycles. The number of amides is 1. The third-order valence-corrected chi connectivity index (χ3v) is 8.46. The van der Waals surface area contributed by atoms with Gasteiger partial charge in [0.1, 0.15) is 5.78 Å². The van der Waals surface area contributed by atoms with E-state index in [9.17, 15) is 24.9 Å². The molecule has 8 heteroatoms. The molecule has 4 N–H and O–H groups in total. The summed E-state index contributed by atoms with van der Waals surface area (Å²) in [6.45, 7) is 9.39. The highest BCUT2D eigenvalue weighted by Crippen LogP contribution is 2.41. The van der Waals surface area contributed by atoms with Crippen molar-refractivity contribution in [2.24, 2.45) is 23.2 Å². The number of rotatable bonds is 19. The Hall–Kier alpha value is -1.32. The summed E-state index contributed by atoms with van der Waals surface area (Å²) in [6.07, 6.45) is 10.9. The number of hydrogen-bond donors (Lipinski definition) is 4. The van der Waals surface area contributed by atoms with Crippen LogP contribution in [0, 0.1) is 23.2 Å². The van der Waals surface area contributed by atoms with Gasteiger partial charge >= 0.3 is 0 Å². The molecule has 0 bridgehead atoms. The Kier molecular flexibility index (Phi) is 16.6. The topological polar surface area (TPSA) is 125 Å². The monoisotopic (exact) mass is 555 g/mol. The van der Waals surface area contributed by atoms with Crippen LogP contribution in [-0.2, 0) is 19.1 Å². The molecule has 8 unspecified atom stereocenters. The highest BCUT2D eigenvalue weighted by atomic mass is 16.5. The van der Waals surface area contributed by atoms with Crippen LogP contribution in [0.5, 0.6) is 0 Å². The molecule has 0 aromatic rings. The number of methoxy groups -OCH3 is 2. The molecule has 1 saturated carbocycles. The molecule has 0 aromatic heterocycles. The largest absolute Gasteiger partial charge is 0.392 e. The second-order valence-electron chi connectivity index (χ2n) is 12.2. The lowest BCUT2D eigenvalue weighted by Crippen LogP contribution is -2.63. The summed E-state index contributed by atoms with van der Waals surface area (Å²) in [5.74, 6) is -1.82. The van der Waals surface area contributed by atoms with E-state index < -0.39 is 47.4 Å². The van der Waals surface area contributed by atoms with E-state index in [0.717, 1.165) is 12.8 Å². The van der Waals surface area contributed by atoms with E-state index in [1.165, 1.54) is 45.6 Å². The maximum Gasteiger partial charge on any atom is 0.220 e. The van der Waals surface area contributed by atoms with Crippen molar-refractivity contribution in [1.82, 2.24) is 5.32 Å². The molecule has 8 atom stereocenters. The minimum atomic E-state index is -1.35. The molecule has 1 fully saturated rings. The van der Waals surface area contributed by atoms with Crippen molar-refractivity contribution >= 4 is 11.7 Å². The normalized spacial score (nSPS) is 26.4. The van der Waals surface area contributed by atoms with E-state index in [2.05, 4.69) is 25.2 Å². The van der Waals surface area contributed by atoms with Gasteiger partial charge in [-0.05, 0) is 25.2 Å². The maximum absolute atomic E-state index is 13.1. The van der Waals surface area contributed by atoms with Gasteiger partial charge in [0, 0.05) is 26.6 Å². The first-order valence-corrected chi connectivity index (χ1v) is 15.0. The quantitative estimate of drug-likeness (QED) is 0.139. The molecule has 0 saturated heterocycles. The number of Topliss-reactive ketones (excluding diaryl/α,β-unsaturated/α-hetero) is 1. The predicted molar refractivity (Wildman–Crippen MR) is 154 cm³/mol. The second-order valence-corrected chi connectivity index (χ2v) is 12.2. The molecule has 8 nitrogen and oxygen atoms in total. The van der Waals surface area contributed by atoms with Crippen molar-refractivity contribution in [3.05, 3.63) is 12.2 Å². The molecule has 1 rings (SSSR count). The van der Waals surface area contributed by atoms with Gasteiger partial charge in [0.15, 0.2) is 0 Å². The lowest BCUT2D eigenvalue weighted by atomic mass is 9.61. The Balaban J connectivity index is 2.56. The van der Waals surface area contributed by atoms with Crippen LogP contribution in [0.15, 0.2) is 12.2 Å². The number of aliphatic hydroxyl groups is 3. The molecule has 1 aliphatic carbocycles. The Morgan fingerprint density at radius 2 is 1.79 bits per heavy atom. The van der Waals surface area contributed by atoms with Gasteiger partial charge < -0.3 is 30.1 Å². The summed E-state index contributed by atoms with van der Waals surface area (Å²) in [5.41, 5.74) is -1.12. The lowest BCUT2D eigenvalue weighted by Gasteiger charge is -2.47. The van der Waals surface area contributed by atoms with Crippen LogP contribution in [0.3, 0.4) is 0 Å². The van der Waals surface area contributed by atoms with Crippen LogP contribution in [0.4, 0.5) is 0 Å². The van der Waals surface area contributed by atoms with Gasteiger partial charge in [0.2, 0.25) is 5.91 Å². The number of aliphatic hydroxyl groups excluding tert-OH is 3. The fraction of sp³-hybridized carbons (Fsp3) is 0.871. The molecule has 1 aliphatic rings.